The lowest BCUT2D eigenvalue weighted by molar-refractivity contribution is -0.131. The van der Waals surface area contributed by atoms with Crippen molar-refractivity contribution in [1.29, 1.82) is 0 Å². The summed E-state index contributed by atoms with van der Waals surface area (Å²) in [5.74, 6) is 0.160. The normalized spacial score (nSPS) is 14.9. The Morgan fingerprint density at radius 1 is 1.12 bits per heavy atom. The summed E-state index contributed by atoms with van der Waals surface area (Å²) in [5, 5.41) is 0. The van der Waals surface area contributed by atoms with Crippen molar-refractivity contribution >= 4 is 27.4 Å². The largest absolute Gasteiger partial charge is 0.340 e. The van der Waals surface area contributed by atoms with Crippen LogP contribution in [0.25, 0.3) is 5.57 Å². The van der Waals surface area contributed by atoms with Crippen molar-refractivity contribution in [2.45, 2.75) is 13.0 Å². The molecule has 0 aromatic heterocycles. The number of halogens is 1. The summed E-state index contributed by atoms with van der Waals surface area (Å²) in [6, 6.07) is 18.5. The first kappa shape index (κ1) is 17.9. The first-order valence-corrected chi connectivity index (χ1v) is 9.37. The number of rotatable bonds is 5. The van der Waals surface area contributed by atoms with Crippen LogP contribution in [0.5, 0.6) is 0 Å². The van der Waals surface area contributed by atoms with Gasteiger partial charge < -0.3 is 4.90 Å². The molecule has 0 saturated carbocycles. The smallest absolute Gasteiger partial charge is 0.236 e. The Balaban J connectivity index is 1.54. The summed E-state index contributed by atoms with van der Waals surface area (Å²) < 4.78 is 1.04. The van der Waals surface area contributed by atoms with E-state index in [1.165, 1.54) is 11.1 Å². The maximum Gasteiger partial charge on any atom is 0.236 e. The Morgan fingerprint density at radius 3 is 2.52 bits per heavy atom. The van der Waals surface area contributed by atoms with Gasteiger partial charge in [-0.05, 0) is 29.2 Å². The van der Waals surface area contributed by atoms with Crippen LogP contribution in [-0.2, 0) is 11.3 Å². The number of hydrogen-bond donors (Lipinski definition) is 0. The van der Waals surface area contributed by atoms with E-state index in [0.29, 0.717) is 13.1 Å². The second-order valence-corrected chi connectivity index (χ2v) is 7.28. The summed E-state index contributed by atoms with van der Waals surface area (Å²) >= 11 is 3.55. The van der Waals surface area contributed by atoms with E-state index >= 15 is 0 Å². The van der Waals surface area contributed by atoms with Gasteiger partial charge in [-0.3, -0.25) is 9.69 Å². The Morgan fingerprint density at radius 2 is 1.84 bits per heavy atom. The molecular weight excluding hydrogens is 376 g/mol. The van der Waals surface area contributed by atoms with Gasteiger partial charge in [0.1, 0.15) is 0 Å². The first-order valence-electron chi connectivity index (χ1n) is 8.57. The topological polar surface area (TPSA) is 23.6 Å². The van der Waals surface area contributed by atoms with Gasteiger partial charge in [-0.1, -0.05) is 70.5 Å². The van der Waals surface area contributed by atoms with Crippen molar-refractivity contribution in [2.24, 2.45) is 0 Å². The molecular formula is C21H23BrN2O. The minimum Gasteiger partial charge on any atom is -0.340 e. The Labute approximate surface area is 158 Å². The second kappa shape index (κ2) is 8.45. The number of carbonyl (C=O) groups excluding carboxylic acids is 1. The SMILES string of the molecule is CN(Cc1ccccc1Br)C(=O)CN1CC=C(c2ccccc2)CC1. The molecule has 0 atom stereocenters. The second-order valence-electron chi connectivity index (χ2n) is 6.42. The predicted octanol–water partition coefficient (Wildman–Crippen LogP) is 4.20. The highest BCUT2D eigenvalue weighted by Crippen LogP contribution is 2.22. The summed E-state index contributed by atoms with van der Waals surface area (Å²) in [4.78, 5) is 16.5. The maximum atomic E-state index is 12.5. The van der Waals surface area contributed by atoms with Crippen LogP contribution in [0.3, 0.4) is 0 Å². The number of benzene rings is 2. The van der Waals surface area contributed by atoms with Gasteiger partial charge in [-0.15, -0.1) is 0 Å². The van der Waals surface area contributed by atoms with Crippen molar-refractivity contribution < 1.29 is 4.79 Å². The standard InChI is InChI=1S/C21H23BrN2O/c1-23(15-19-9-5-6-10-20(19)22)21(25)16-24-13-11-18(12-14-24)17-7-3-2-4-8-17/h2-11H,12-16H2,1H3. The zero-order chi connectivity index (χ0) is 17.6. The van der Waals surface area contributed by atoms with E-state index in [9.17, 15) is 4.79 Å². The highest BCUT2D eigenvalue weighted by atomic mass is 79.9. The molecule has 2 aromatic carbocycles. The maximum absolute atomic E-state index is 12.5. The van der Waals surface area contributed by atoms with Gasteiger partial charge in [0.25, 0.3) is 0 Å². The highest BCUT2D eigenvalue weighted by Gasteiger charge is 2.18. The van der Waals surface area contributed by atoms with Crippen LogP contribution in [-0.4, -0.2) is 42.4 Å². The lowest BCUT2D eigenvalue weighted by atomic mass is 9.99. The van der Waals surface area contributed by atoms with Crippen LogP contribution in [0, 0.1) is 0 Å². The monoisotopic (exact) mass is 398 g/mol. The molecule has 0 aliphatic carbocycles. The molecule has 130 valence electrons. The molecule has 25 heavy (non-hydrogen) atoms. The van der Waals surface area contributed by atoms with Crippen molar-refractivity contribution in [3.63, 3.8) is 0 Å². The lowest BCUT2D eigenvalue weighted by Crippen LogP contribution is -2.39. The molecule has 0 fully saturated rings. The molecule has 3 nitrogen and oxygen atoms in total. The molecule has 4 heteroatoms. The molecule has 0 N–H and O–H groups in total. The van der Waals surface area contributed by atoms with Gasteiger partial charge in [0, 0.05) is 31.2 Å². The Kier molecular flexibility index (Phi) is 6.05. The Bertz CT molecular complexity index is 758. The van der Waals surface area contributed by atoms with Crippen LogP contribution in [0.15, 0.2) is 65.1 Å². The highest BCUT2D eigenvalue weighted by molar-refractivity contribution is 9.10. The number of likely N-dealkylation sites (N-methyl/N-ethyl adjacent to an activating group) is 1. The molecule has 1 aliphatic heterocycles. The molecule has 1 heterocycles. The molecule has 1 amide bonds. The van der Waals surface area contributed by atoms with Crippen LogP contribution < -0.4 is 0 Å². The van der Waals surface area contributed by atoms with Gasteiger partial charge in [0.2, 0.25) is 5.91 Å². The first-order chi connectivity index (χ1) is 12.1. The van der Waals surface area contributed by atoms with E-state index in [-0.39, 0.29) is 5.91 Å². The third kappa shape index (κ3) is 4.80. The molecule has 0 unspecified atom stereocenters. The van der Waals surface area contributed by atoms with Gasteiger partial charge in [-0.25, -0.2) is 0 Å². The third-order valence-corrected chi connectivity index (χ3v) is 5.36. The quantitative estimate of drug-likeness (QED) is 0.753. The average Bonchev–Trinajstić information content (AvgIpc) is 2.65. The van der Waals surface area contributed by atoms with Gasteiger partial charge in [-0.2, -0.15) is 0 Å². The number of hydrogen-bond acceptors (Lipinski definition) is 2. The van der Waals surface area contributed by atoms with Crippen LogP contribution >= 0.6 is 15.9 Å². The van der Waals surface area contributed by atoms with E-state index in [1.807, 2.05) is 37.4 Å². The molecule has 0 spiro atoms. The van der Waals surface area contributed by atoms with Crippen molar-refractivity contribution in [2.75, 3.05) is 26.7 Å². The van der Waals surface area contributed by atoms with Crippen LogP contribution in [0.4, 0.5) is 0 Å². The Hall–Kier alpha value is -1.91. The fourth-order valence-corrected chi connectivity index (χ4v) is 3.46. The summed E-state index contributed by atoms with van der Waals surface area (Å²) in [7, 11) is 1.87. The number of carbonyl (C=O) groups is 1. The summed E-state index contributed by atoms with van der Waals surface area (Å²) in [6.45, 7) is 2.85. The van der Waals surface area contributed by atoms with Crippen molar-refractivity contribution in [3.05, 3.63) is 76.3 Å². The van der Waals surface area contributed by atoms with Gasteiger partial charge in [0.15, 0.2) is 0 Å². The van der Waals surface area contributed by atoms with Crippen molar-refractivity contribution in [1.82, 2.24) is 9.80 Å². The van der Waals surface area contributed by atoms with Gasteiger partial charge in [0.05, 0.1) is 6.54 Å². The zero-order valence-electron chi connectivity index (χ0n) is 14.5. The van der Waals surface area contributed by atoms with E-state index < -0.39 is 0 Å². The van der Waals surface area contributed by atoms with Crippen LogP contribution in [0.1, 0.15) is 17.5 Å². The summed E-state index contributed by atoms with van der Waals surface area (Å²) in [5.41, 5.74) is 3.80. The van der Waals surface area contributed by atoms with E-state index in [2.05, 4.69) is 51.2 Å². The average molecular weight is 399 g/mol. The van der Waals surface area contributed by atoms with E-state index in [4.69, 9.17) is 0 Å². The fourth-order valence-electron chi connectivity index (χ4n) is 3.05. The van der Waals surface area contributed by atoms with Gasteiger partial charge >= 0.3 is 0 Å². The zero-order valence-corrected chi connectivity index (χ0v) is 16.1. The van der Waals surface area contributed by atoms with E-state index in [1.54, 1.807) is 4.90 Å². The minimum absolute atomic E-state index is 0.160. The van der Waals surface area contributed by atoms with Crippen molar-refractivity contribution in [3.8, 4) is 0 Å². The summed E-state index contributed by atoms with van der Waals surface area (Å²) in [6.07, 6.45) is 3.24. The minimum atomic E-state index is 0.160. The molecule has 0 bridgehead atoms. The fraction of sp³-hybridized carbons (Fsp3) is 0.286. The molecule has 1 aliphatic rings. The molecule has 2 aromatic rings. The molecule has 0 saturated heterocycles. The lowest BCUT2D eigenvalue weighted by Gasteiger charge is -2.28. The number of amides is 1. The number of nitrogens with zero attached hydrogens (tertiary/aromatic N) is 2. The van der Waals surface area contributed by atoms with Crippen LogP contribution in [0.2, 0.25) is 0 Å². The molecule has 3 rings (SSSR count). The van der Waals surface area contributed by atoms with E-state index in [0.717, 1.165) is 29.5 Å². The predicted molar refractivity (Wildman–Crippen MR) is 106 cm³/mol. The third-order valence-electron chi connectivity index (χ3n) is 4.59. The molecule has 0 radical (unpaired) electrons.